The van der Waals surface area contributed by atoms with E-state index in [0.29, 0.717) is 12.2 Å². The number of aryl methyl sites for hydroxylation is 1. The molecule has 3 heteroatoms. The van der Waals surface area contributed by atoms with Crippen molar-refractivity contribution in [3.63, 3.8) is 0 Å². The molecule has 0 spiro atoms. The first kappa shape index (κ1) is 11.4. The van der Waals surface area contributed by atoms with Crippen molar-refractivity contribution >= 4 is 5.78 Å². The van der Waals surface area contributed by atoms with Crippen LogP contribution in [0.15, 0.2) is 12.4 Å². The number of carbonyl (C=O) groups excluding carboxylic acids is 1. The smallest absolute Gasteiger partial charge is 0.164 e. The molecule has 1 aliphatic carbocycles. The van der Waals surface area contributed by atoms with Crippen LogP contribution in [0, 0.1) is 0 Å². The predicted octanol–water partition coefficient (Wildman–Crippen LogP) is 2.43. The van der Waals surface area contributed by atoms with Crippen LogP contribution in [-0.2, 0) is 17.7 Å². The summed E-state index contributed by atoms with van der Waals surface area (Å²) in [5, 5.41) is 0. The highest BCUT2D eigenvalue weighted by Gasteiger charge is 2.18. The lowest BCUT2D eigenvalue weighted by Crippen LogP contribution is -2.07. The lowest BCUT2D eigenvalue weighted by atomic mass is 9.95. The van der Waals surface area contributed by atoms with Crippen molar-refractivity contribution in [3.8, 4) is 0 Å². The van der Waals surface area contributed by atoms with E-state index in [1.807, 2.05) is 6.20 Å². The molecule has 1 heterocycles. The molecule has 2 rings (SSSR count). The van der Waals surface area contributed by atoms with Gasteiger partial charge in [-0.3, -0.25) is 4.79 Å². The SMILES string of the molecule is CCCOCCn1cc2c(c1)C(=O)CCC2. The van der Waals surface area contributed by atoms with Gasteiger partial charge >= 0.3 is 0 Å². The minimum absolute atomic E-state index is 0.300. The summed E-state index contributed by atoms with van der Waals surface area (Å²) in [6.07, 6.45) is 7.89. The summed E-state index contributed by atoms with van der Waals surface area (Å²) < 4.78 is 7.53. The van der Waals surface area contributed by atoms with Crippen molar-refractivity contribution < 1.29 is 9.53 Å². The molecule has 0 radical (unpaired) electrons. The third-order valence-electron chi connectivity index (χ3n) is 2.96. The van der Waals surface area contributed by atoms with E-state index in [-0.39, 0.29) is 0 Å². The number of hydrogen-bond donors (Lipinski definition) is 0. The van der Waals surface area contributed by atoms with Crippen LogP contribution in [0.25, 0.3) is 0 Å². The fourth-order valence-corrected chi connectivity index (χ4v) is 2.13. The zero-order chi connectivity index (χ0) is 11.4. The van der Waals surface area contributed by atoms with Gasteiger partial charge in [-0.05, 0) is 24.8 Å². The Balaban J connectivity index is 1.93. The van der Waals surface area contributed by atoms with E-state index >= 15 is 0 Å². The fourth-order valence-electron chi connectivity index (χ4n) is 2.13. The quantitative estimate of drug-likeness (QED) is 0.715. The van der Waals surface area contributed by atoms with Crippen molar-refractivity contribution in [3.05, 3.63) is 23.5 Å². The second kappa shape index (κ2) is 5.30. The Kier molecular flexibility index (Phi) is 3.78. The van der Waals surface area contributed by atoms with Gasteiger partial charge in [0.05, 0.1) is 6.61 Å². The Hall–Kier alpha value is -1.09. The number of fused-ring (bicyclic) bond motifs is 1. The number of rotatable bonds is 5. The van der Waals surface area contributed by atoms with Crippen LogP contribution in [0.1, 0.15) is 42.1 Å². The molecule has 1 aromatic heterocycles. The third kappa shape index (κ3) is 2.53. The second-order valence-corrected chi connectivity index (χ2v) is 4.32. The van der Waals surface area contributed by atoms with Crippen LogP contribution in [-0.4, -0.2) is 23.6 Å². The molecule has 16 heavy (non-hydrogen) atoms. The van der Waals surface area contributed by atoms with Gasteiger partial charge in [-0.15, -0.1) is 0 Å². The van der Waals surface area contributed by atoms with Crippen molar-refractivity contribution in [2.75, 3.05) is 13.2 Å². The molecule has 0 amide bonds. The van der Waals surface area contributed by atoms with Gasteiger partial charge in [-0.1, -0.05) is 6.92 Å². The van der Waals surface area contributed by atoms with Crippen LogP contribution in [0.2, 0.25) is 0 Å². The fraction of sp³-hybridized carbons (Fsp3) is 0.615. The van der Waals surface area contributed by atoms with E-state index in [1.165, 1.54) is 5.56 Å². The van der Waals surface area contributed by atoms with Gasteiger partial charge < -0.3 is 9.30 Å². The maximum absolute atomic E-state index is 11.6. The number of hydrogen-bond acceptors (Lipinski definition) is 2. The molecule has 0 fully saturated rings. The molecule has 0 unspecified atom stereocenters. The van der Waals surface area contributed by atoms with Gasteiger partial charge in [0, 0.05) is 37.5 Å². The molecule has 0 saturated carbocycles. The van der Waals surface area contributed by atoms with Gasteiger partial charge in [0.15, 0.2) is 5.78 Å². The van der Waals surface area contributed by atoms with Gasteiger partial charge in [-0.25, -0.2) is 0 Å². The monoisotopic (exact) mass is 221 g/mol. The first-order valence-corrected chi connectivity index (χ1v) is 6.11. The predicted molar refractivity (Wildman–Crippen MR) is 62.8 cm³/mol. The van der Waals surface area contributed by atoms with E-state index in [9.17, 15) is 4.79 Å². The van der Waals surface area contributed by atoms with E-state index in [4.69, 9.17) is 4.74 Å². The Bertz CT molecular complexity index is 368. The Morgan fingerprint density at radius 2 is 2.19 bits per heavy atom. The molecule has 0 bridgehead atoms. The Morgan fingerprint density at radius 3 is 2.94 bits per heavy atom. The molecule has 0 aliphatic heterocycles. The first-order chi connectivity index (χ1) is 7.81. The highest BCUT2D eigenvalue weighted by atomic mass is 16.5. The molecule has 0 N–H and O–H groups in total. The number of ketones is 1. The van der Waals surface area contributed by atoms with Crippen LogP contribution < -0.4 is 0 Å². The van der Waals surface area contributed by atoms with E-state index in [2.05, 4.69) is 17.7 Å². The number of nitrogens with zero attached hydrogens (tertiary/aromatic N) is 1. The van der Waals surface area contributed by atoms with Crippen molar-refractivity contribution in [1.29, 1.82) is 0 Å². The average Bonchev–Trinajstić information content (AvgIpc) is 2.69. The summed E-state index contributed by atoms with van der Waals surface area (Å²) in [5.41, 5.74) is 2.15. The van der Waals surface area contributed by atoms with E-state index in [1.54, 1.807) is 0 Å². The highest BCUT2D eigenvalue weighted by molar-refractivity contribution is 5.98. The summed E-state index contributed by atoms with van der Waals surface area (Å²) in [5.74, 6) is 0.300. The second-order valence-electron chi connectivity index (χ2n) is 4.32. The normalized spacial score (nSPS) is 15.2. The van der Waals surface area contributed by atoms with Crippen molar-refractivity contribution in [2.45, 2.75) is 39.2 Å². The minimum Gasteiger partial charge on any atom is -0.380 e. The first-order valence-electron chi connectivity index (χ1n) is 6.11. The lowest BCUT2D eigenvalue weighted by Gasteiger charge is -2.07. The lowest BCUT2D eigenvalue weighted by molar-refractivity contribution is 0.0972. The van der Waals surface area contributed by atoms with E-state index in [0.717, 1.165) is 44.6 Å². The van der Waals surface area contributed by atoms with Crippen LogP contribution in [0.5, 0.6) is 0 Å². The number of aromatic nitrogens is 1. The van der Waals surface area contributed by atoms with Crippen LogP contribution in [0.4, 0.5) is 0 Å². The third-order valence-corrected chi connectivity index (χ3v) is 2.96. The largest absolute Gasteiger partial charge is 0.380 e. The summed E-state index contributed by atoms with van der Waals surface area (Å²) >= 11 is 0. The van der Waals surface area contributed by atoms with E-state index < -0.39 is 0 Å². The van der Waals surface area contributed by atoms with Crippen molar-refractivity contribution in [2.24, 2.45) is 0 Å². The molecule has 0 aromatic carbocycles. The standard InChI is InChI=1S/C13H19NO2/c1-2-7-16-8-6-14-9-11-4-3-5-13(15)12(11)10-14/h9-10H,2-8H2,1H3. The number of carbonyl (C=O) groups is 1. The van der Waals surface area contributed by atoms with Crippen molar-refractivity contribution in [1.82, 2.24) is 4.57 Å². The molecule has 0 atom stereocenters. The van der Waals surface area contributed by atoms with Gasteiger partial charge in [0.1, 0.15) is 0 Å². The van der Waals surface area contributed by atoms with Gasteiger partial charge in [-0.2, -0.15) is 0 Å². The molecule has 0 saturated heterocycles. The Labute approximate surface area is 96.4 Å². The van der Waals surface area contributed by atoms with Gasteiger partial charge in [0.25, 0.3) is 0 Å². The number of Topliss-reactive ketones (excluding diaryl/α,β-unsaturated/α-hetero) is 1. The van der Waals surface area contributed by atoms with Gasteiger partial charge in [0.2, 0.25) is 0 Å². The minimum atomic E-state index is 0.300. The Morgan fingerprint density at radius 1 is 1.31 bits per heavy atom. The molecule has 3 nitrogen and oxygen atoms in total. The number of ether oxygens (including phenoxy) is 1. The summed E-state index contributed by atoms with van der Waals surface area (Å²) in [6.45, 7) is 4.50. The zero-order valence-electron chi connectivity index (χ0n) is 9.87. The topological polar surface area (TPSA) is 31.2 Å². The summed E-state index contributed by atoms with van der Waals surface area (Å²) in [4.78, 5) is 11.6. The highest BCUT2D eigenvalue weighted by Crippen LogP contribution is 2.21. The average molecular weight is 221 g/mol. The molecule has 1 aromatic rings. The maximum Gasteiger partial charge on any atom is 0.164 e. The summed E-state index contributed by atoms with van der Waals surface area (Å²) in [6, 6.07) is 0. The van der Waals surface area contributed by atoms with Crippen LogP contribution >= 0.6 is 0 Å². The zero-order valence-corrected chi connectivity index (χ0v) is 9.87. The van der Waals surface area contributed by atoms with Crippen LogP contribution in [0.3, 0.4) is 0 Å². The molecule has 88 valence electrons. The molecular weight excluding hydrogens is 202 g/mol. The summed E-state index contributed by atoms with van der Waals surface area (Å²) in [7, 11) is 0. The molecular formula is C13H19NO2. The molecule has 1 aliphatic rings. The maximum atomic E-state index is 11.6.